The monoisotopic (exact) mass is 526 g/mol. The Bertz CT molecular complexity index is 830. The van der Waals surface area contributed by atoms with E-state index in [4.69, 9.17) is 4.74 Å². The van der Waals surface area contributed by atoms with Gasteiger partial charge in [-0.05, 0) is 38.5 Å². The van der Waals surface area contributed by atoms with Crippen molar-refractivity contribution < 1.29 is 17.9 Å². The van der Waals surface area contributed by atoms with E-state index >= 15 is 0 Å². The first-order chi connectivity index (χ1) is 13.0. The molecule has 0 aliphatic rings. The highest BCUT2D eigenvalue weighted by molar-refractivity contribution is 14.0. The molecule has 0 spiro atoms. The molecule has 0 fully saturated rings. The predicted octanol–water partition coefficient (Wildman–Crippen LogP) is 3.49. The van der Waals surface area contributed by atoms with Gasteiger partial charge in [-0.2, -0.15) is 13.2 Å². The highest BCUT2D eigenvalue weighted by atomic mass is 127. The maximum Gasteiger partial charge on any atom is 0.416 e. The van der Waals surface area contributed by atoms with Crippen molar-refractivity contribution in [2.24, 2.45) is 12.0 Å². The van der Waals surface area contributed by atoms with Crippen molar-refractivity contribution in [3.05, 3.63) is 41.5 Å². The average molecular weight is 526 g/mol. The second kappa shape index (κ2) is 10.1. The molecular formula is C18H26F3IN6O. The largest absolute Gasteiger partial charge is 0.488 e. The van der Waals surface area contributed by atoms with E-state index in [-0.39, 0.29) is 41.8 Å². The summed E-state index contributed by atoms with van der Waals surface area (Å²) in [5, 5.41) is 13.6. The van der Waals surface area contributed by atoms with E-state index in [1.807, 2.05) is 0 Å². The van der Waals surface area contributed by atoms with Gasteiger partial charge in [-0.1, -0.05) is 6.07 Å². The van der Waals surface area contributed by atoms with Crippen molar-refractivity contribution in [3.63, 3.8) is 0 Å². The van der Waals surface area contributed by atoms with Gasteiger partial charge in [-0.25, -0.2) is 0 Å². The zero-order valence-corrected chi connectivity index (χ0v) is 19.3. The van der Waals surface area contributed by atoms with Crippen LogP contribution in [0.15, 0.2) is 29.5 Å². The lowest BCUT2D eigenvalue weighted by Gasteiger charge is -2.23. The summed E-state index contributed by atoms with van der Waals surface area (Å²) >= 11 is 0. The molecule has 0 saturated heterocycles. The number of rotatable bonds is 5. The molecule has 2 rings (SSSR count). The molecule has 0 unspecified atom stereocenters. The van der Waals surface area contributed by atoms with Gasteiger partial charge in [0.05, 0.1) is 12.1 Å². The lowest BCUT2D eigenvalue weighted by atomic mass is 10.1. The van der Waals surface area contributed by atoms with Gasteiger partial charge in [0.2, 0.25) is 0 Å². The molecule has 1 aromatic carbocycles. The molecule has 2 N–H and O–H groups in total. The Balaban J connectivity index is 0.00000420. The van der Waals surface area contributed by atoms with Gasteiger partial charge >= 0.3 is 6.18 Å². The zero-order chi connectivity index (χ0) is 20.9. The lowest BCUT2D eigenvalue weighted by Crippen LogP contribution is -2.37. The fourth-order valence-corrected chi connectivity index (χ4v) is 2.42. The van der Waals surface area contributed by atoms with E-state index in [1.165, 1.54) is 19.2 Å². The summed E-state index contributed by atoms with van der Waals surface area (Å²) in [5.41, 5.74) is -1.24. The second-order valence-corrected chi connectivity index (χ2v) is 7.17. The summed E-state index contributed by atoms with van der Waals surface area (Å²) in [6, 6.07) is 3.97. The zero-order valence-electron chi connectivity index (χ0n) is 17.0. The van der Waals surface area contributed by atoms with Crippen LogP contribution in [0.4, 0.5) is 13.2 Å². The lowest BCUT2D eigenvalue weighted by molar-refractivity contribution is -0.138. The highest BCUT2D eigenvalue weighted by Crippen LogP contribution is 2.35. The molecule has 7 nitrogen and oxygen atoms in total. The Morgan fingerprint density at radius 1 is 1.17 bits per heavy atom. The number of hydrogen-bond donors (Lipinski definition) is 2. The molecule has 1 heterocycles. The number of ether oxygens (including phenoxy) is 1. The first-order valence-corrected chi connectivity index (χ1v) is 8.66. The molecule has 0 aliphatic carbocycles. The van der Waals surface area contributed by atoms with E-state index < -0.39 is 17.3 Å². The standard InChI is InChI=1S/C18H25F3N6O.HI/c1-17(2,3)28-13-7-6-12(14(8-13)18(19,20)21)9-23-16(22-4)24-10-15-26-25-11-27(15)5;/h6-8,11H,9-10H2,1-5H3,(H2,22,23,24);1H. The Hall–Kier alpha value is -2.05. The van der Waals surface area contributed by atoms with Gasteiger partial charge in [0.1, 0.15) is 17.7 Å². The van der Waals surface area contributed by atoms with Crippen LogP contribution in [-0.4, -0.2) is 33.4 Å². The summed E-state index contributed by atoms with van der Waals surface area (Å²) < 4.78 is 47.8. The van der Waals surface area contributed by atoms with E-state index in [0.717, 1.165) is 6.07 Å². The number of aromatic nitrogens is 3. The Kier molecular flexibility index (Phi) is 8.72. The number of halogens is 4. The summed E-state index contributed by atoms with van der Waals surface area (Å²) in [6.07, 6.45) is -2.94. The number of hydrogen-bond acceptors (Lipinski definition) is 4. The van der Waals surface area contributed by atoms with Crippen LogP contribution in [0.1, 0.15) is 37.7 Å². The fourth-order valence-electron chi connectivity index (χ4n) is 2.42. The van der Waals surface area contributed by atoms with E-state index in [0.29, 0.717) is 18.3 Å². The Morgan fingerprint density at radius 3 is 2.34 bits per heavy atom. The minimum absolute atomic E-state index is 0. The third-order valence-corrected chi connectivity index (χ3v) is 3.70. The molecule has 0 atom stereocenters. The summed E-state index contributed by atoms with van der Waals surface area (Å²) in [6.45, 7) is 5.62. The third kappa shape index (κ3) is 7.71. The van der Waals surface area contributed by atoms with Crippen LogP contribution >= 0.6 is 24.0 Å². The minimum Gasteiger partial charge on any atom is -0.488 e. The Labute approximate surface area is 185 Å². The van der Waals surface area contributed by atoms with Gasteiger partial charge in [-0.15, -0.1) is 34.2 Å². The van der Waals surface area contributed by atoms with E-state index in [1.54, 1.807) is 38.7 Å². The average Bonchev–Trinajstić information content (AvgIpc) is 2.98. The Morgan fingerprint density at radius 2 is 1.83 bits per heavy atom. The fraction of sp³-hybridized carbons (Fsp3) is 0.500. The van der Waals surface area contributed by atoms with E-state index in [9.17, 15) is 13.2 Å². The van der Waals surface area contributed by atoms with Crippen LogP contribution in [0.5, 0.6) is 5.75 Å². The van der Waals surface area contributed by atoms with Gasteiger partial charge in [0.15, 0.2) is 11.8 Å². The van der Waals surface area contributed by atoms with Crippen LogP contribution in [0.25, 0.3) is 0 Å². The maximum absolute atomic E-state index is 13.5. The van der Waals surface area contributed by atoms with Crippen molar-refractivity contribution in [3.8, 4) is 5.75 Å². The molecule has 0 amide bonds. The SMILES string of the molecule is CN=C(NCc1ccc(OC(C)(C)C)cc1C(F)(F)F)NCc1nncn1C.I. The van der Waals surface area contributed by atoms with Gasteiger partial charge in [-0.3, -0.25) is 4.99 Å². The molecule has 0 bridgehead atoms. The van der Waals surface area contributed by atoms with Crippen molar-refractivity contribution in [1.82, 2.24) is 25.4 Å². The summed E-state index contributed by atoms with van der Waals surface area (Å²) in [5.74, 6) is 1.20. The van der Waals surface area contributed by atoms with Crippen molar-refractivity contribution >= 4 is 29.9 Å². The summed E-state index contributed by atoms with van der Waals surface area (Å²) in [4.78, 5) is 4.02. The van der Waals surface area contributed by atoms with Crippen molar-refractivity contribution in [2.75, 3.05) is 7.05 Å². The first-order valence-electron chi connectivity index (χ1n) is 8.66. The van der Waals surface area contributed by atoms with Gasteiger partial charge in [0.25, 0.3) is 0 Å². The number of aryl methyl sites for hydroxylation is 1. The topological polar surface area (TPSA) is 76.4 Å². The molecule has 1 aromatic heterocycles. The van der Waals surface area contributed by atoms with E-state index in [2.05, 4.69) is 25.8 Å². The molecule has 29 heavy (non-hydrogen) atoms. The molecule has 2 aromatic rings. The molecular weight excluding hydrogens is 500 g/mol. The van der Waals surface area contributed by atoms with Crippen LogP contribution in [0.3, 0.4) is 0 Å². The number of aliphatic imine (C=N–C) groups is 1. The van der Waals surface area contributed by atoms with Crippen LogP contribution in [0.2, 0.25) is 0 Å². The molecule has 162 valence electrons. The normalized spacial score (nSPS) is 12.3. The predicted molar refractivity (Wildman–Crippen MR) is 115 cm³/mol. The third-order valence-electron chi connectivity index (χ3n) is 3.70. The number of alkyl halides is 3. The summed E-state index contributed by atoms with van der Waals surface area (Å²) in [7, 11) is 3.33. The molecule has 0 aliphatic heterocycles. The first kappa shape index (κ1) is 25.0. The smallest absolute Gasteiger partial charge is 0.416 e. The number of nitrogens with zero attached hydrogens (tertiary/aromatic N) is 4. The second-order valence-electron chi connectivity index (χ2n) is 7.17. The molecule has 11 heteroatoms. The van der Waals surface area contributed by atoms with Crippen molar-refractivity contribution in [1.29, 1.82) is 0 Å². The minimum atomic E-state index is -4.50. The van der Waals surface area contributed by atoms with Crippen molar-refractivity contribution in [2.45, 2.75) is 45.6 Å². The molecule has 0 saturated carbocycles. The van der Waals surface area contributed by atoms with Crippen LogP contribution in [-0.2, 0) is 26.3 Å². The number of nitrogens with one attached hydrogen (secondary N) is 2. The molecule has 0 radical (unpaired) electrons. The quantitative estimate of drug-likeness (QED) is 0.355. The maximum atomic E-state index is 13.5. The van der Waals surface area contributed by atoms with Gasteiger partial charge in [0, 0.05) is 20.6 Å². The number of guanidine groups is 1. The van der Waals surface area contributed by atoms with Crippen LogP contribution in [0, 0.1) is 0 Å². The van der Waals surface area contributed by atoms with Crippen LogP contribution < -0.4 is 15.4 Å². The van der Waals surface area contributed by atoms with Gasteiger partial charge < -0.3 is 19.9 Å². The highest BCUT2D eigenvalue weighted by Gasteiger charge is 2.34. The number of benzene rings is 1.